The van der Waals surface area contributed by atoms with E-state index in [9.17, 15) is 23.2 Å². The SMILES string of the molecule is C=C(F)C(=O)N1CCN(c2nc(OCC34CCCN3C(CF)CC4)nc3c2CCN(c2cccc4ccc(F)c(Cl)c24)C3)C[C@@H]1CC#N. The molecule has 3 saturated heterocycles. The molecule has 0 aliphatic carbocycles. The number of aromatic nitrogens is 2. The first-order chi connectivity index (χ1) is 23.2. The number of hydrogen-bond acceptors (Lipinski definition) is 8. The molecule has 4 aliphatic rings. The second-order valence-corrected chi connectivity index (χ2v) is 13.6. The molecule has 1 amide bonds. The summed E-state index contributed by atoms with van der Waals surface area (Å²) in [5.74, 6) is -1.71. The molecule has 7 rings (SSSR count). The Labute approximate surface area is 282 Å². The molecular formula is C35H37ClF3N7O2. The normalized spacial score (nSPS) is 24.0. The molecule has 5 heterocycles. The van der Waals surface area contributed by atoms with Crippen molar-refractivity contribution in [1.82, 2.24) is 19.8 Å². The van der Waals surface area contributed by atoms with Crippen molar-refractivity contribution in [2.45, 2.75) is 62.7 Å². The molecule has 0 spiro atoms. The van der Waals surface area contributed by atoms with Crippen LogP contribution in [-0.4, -0.2) is 89.3 Å². The van der Waals surface area contributed by atoms with Crippen molar-refractivity contribution < 1.29 is 22.7 Å². The van der Waals surface area contributed by atoms with Gasteiger partial charge in [-0.25, -0.2) is 13.2 Å². The Hall–Kier alpha value is -4.08. The number of carbonyl (C=O) groups is 1. The quantitative estimate of drug-likeness (QED) is 0.279. The number of rotatable bonds is 8. The molecule has 0 radical (unpaired) electrons. The molecule has 0 saturated carbocycles. The third-order valence-corrected chi connectivity index (χ3v) is 10.9. The highest BCUT2D eigenvalue weighted by atomic mass is 35.5. The standard InChI is InChI=1S/C35H37ClF3N7O2/c1-22(38)33(47)45-17-16-44(19-25(45)9-13-40)32-26-10-15-43(29-5-2-4-23-6-7-27(39)31(36)30(23)29)20-28(26)41-34(42-32)48-21-35-11-3-14-46(35)24(18-37)8-12-35/h2,4-7,24-25H,1,3,8-12,14-21H2/t24?,25-,35?/m0/s1. The van der Waals surface area contributed by atoms with Crippen molar-refractivity contribution in [3.63, 3.8) is 0 Å². The topological polar surface area (TPSA) is 88.8 Å². The van der Waals surface area contributed by atoms with Crippen molar-refractivity contribution in [1.29, 1.82) is 5.26 Å². The lowest BCUT2D eigenvalue weighted by Gasteiger charge is -2.42. The van der Waals surface area contributed by atoms with Crippen LogP contribution in [0, 0.1) is 17.1 Å². The van der Waals surface area contributed by atoms with Crippen LogP contribution in [0.1, 0.15) is 43.4 Å². The van der Waals surface area contributed by atoms with E-state index in [1.165, 1.54) is 11.0 Å². The van der Waals surface area contributed by atoms with Gasteiger partial charge >= 0.3 is 6.01 Å². The van der Waals surface area contributed by atoms with Crippen LogP contribution in [0.3, 0.4) is 0 Å². The lowest BCUT2D eigenvalue weighted by molar-refractivity contribution is -0.131. The minimum atomic E-state index is -1.06. The van der Waals surface area contributed by atoms with E-state index in [-0.39, 0.29) is 48.8 Å². The van der Waals surface area contributed by atoms with E-state index in [0.29, 0.717) is 43.9 Å². The van der Waals surface area contributed by atoms with Gasteiger partial charge in [0.2, 0.25) is 0 Å². The zero-order valence-corrected chi connectivity index (χ0v) is 27.4. The summed E-state index contributed by atoms with van der Waals surface area (Å²) in [4.78, 5) is 30.2. The Bertz CT molecular complexity index is 1800. The number of alkyl halides is 1. The van der Waals surface area contributed by atoms with E-state index in [2.05, 4.69) is 22.4 Å². The van der Waals surface area contributed by atoms with E-state index in [0.717, 1.165) is 54.6 Å². The number of carbonyl (C=O) groups excluding carboxylic acids is 1. The van der Waals surface area contributed by atoms with Gasteiger partial charge in [0.1, 0.15) is 24.9 Å². The summed E-state index contributed by atoms with van der Waals surface area (Å²) in [6.07, 6.45) is 4.11. The van der Waals surface area contributed by atoms with Gasteiger partial charge in [-0.3, -0.25) is 9.69 Å². The number of hydrogen-bond donors (Lipinski definition) is 0. The van der Waals surface area contributed by atoms with Crippen molar-refractivity contribution in [2.75, 3.05) is 55.8 Å². The predicted molar refractivity (Wildman–Crippen MR) is 177 cm³/mol. The number of halogens is 4. The number of benzene rings is 2. The average molecular weight is 680 g/mol. The largest absolute Gasteiger partial charge is 0.461 e. The number of fused-ring (bicyclic) bond motifs is 3. The highest BCUT2D eigenvalue weighted by molar-refractivity contribution is 6.36. The fraction of sp³-hybridized carbons (Fsp3) is 0.486. The molecule has 48 heavy (non-hydrogen) atoms. The van der Waals surface area contributed by atoms with Crippen molar-refractivity contribution in [3.8, 4) is 12.1 Å². The molecule has 2 unspecified atom stereocenters. The molecule has 3 atom stereocenters. The lowest BCUT2D eigenvalue weighted by Crippen LogP contribution is -2.55. The smallest absolute Gasteiger partial charge is 0.318 e. The minimum absolute atomic E-state index is 0.0203. The van der Waals surface area contributed by atoms with Gasteiger partial charge in [-0.1, -0.05) is 36.4 Å². The van der Waals surface area contributed by atoms with Gasteiger partial charge in [0.15, 0.2) is 5.83 Å². The first kappa shape index (κ1) is 32.5. The maximum absolute atomic E-state index is 14.6. The van der Waals surface area contributed by atoms with E-state index >= 15 is 0 Å². The van der Waals surface area contributed by atoms with Gasteiger partial charge in [-0.05, 0) is 56.2 Å². The second-order valence-electron chi connectivity index (χ2n) is 13.2. The number of piperazine rings is 1. The zero-order chi connectivity index (χ0) is 33.6. The molecule has 0 N–H and O–H groups in total. The van der Waals surface area contributed by atoms with E-state index in [1.54, 1.807) is 6.07 Å². The summed E-state index contributed by atoms with van der Waals surface area (Å²) >= 11 is 6.50. The molecule has 2 aromatic carbocycles. The van der Waals surface area contributed by atoms with Gasteiger partial charge < -0.3 is 19.4 Å². The Morgan fingerprint density at radius 2 is 1.98 bits per heavy atom. The van der Waals surface area contributed by atoms with Crippen LogP contribution in [-0.2, 0) is 17.8 Å². The highest BCUT2D eigenvalue weighted by Gasteiger charge is 2.50. The van der Waals surface area contributed by atoms with Crippen molar-refractivity contribution in [2.24, 2.45) is 0 Å². The maximum atomic E-state index is 14.6. The Kier molecular flexibility index (Phi) is 8.85. The van der Waals surface area contributed by atoms with Crippen LogP contribution >= 0.6 is 11.6 Å². The molecule has 13 heteroatoms. The maximum Gasteiger partial charge on any atom is 0.318 e. The van der Waals surface area contributed by atoms with Crippen LogP contribution < -0.4 is 14.5 Å². The number of nitrogens with zero attached hydrogens (tertiary/aromatic N) is 7. The first-order valence-electron chi connectivity index (χ1n) is 16.5. The van der Waals surface area contributed by atoms with Gasteiger partial charge in [0, 0.05) is 48.9 Å². The average Bonchev–Trinajstić information content (AvgIpc) is 3.67. The minimum Gasteiger partial charge on any atom is -0.461 e. The van der Waals surface area contributed by atoms with Gasteiger partial charge in [-0.2, -0.15) is 15.2 Å². The van der Waals surface area contributed by atoms with Gasteiger partial charge in [-0.15, -0.1) is 0 Å². The fourth-order valence-electron chi connectivity index (χ4n) is 8.20. The molecule has 3 fully saturated rings. The second kappa shape index (κ2) is 13.1. The monoisotopic (exact) mass is 679 g/mol. The van der Waals surface area contributed by atoms with Crippen LogP contribution in [0.5, 0.6) is 6.01 Å². The summed E-state index contributed by atoms with van der Waals surface area (Å²) < 4.78 is 48.8. The third kappa shape index (κ3) is 5.71. The predicted octanol–water partition coefficient (Wildman–Crippen LogP) is 5.74. The summed E-state index contributed by atoms with van der Waals surface area (Å²) in [5, 5.41) is 11.1. The van der Waals surface area contributed by atoms with Gasteiger partial charge in [0.05, 0.1) is 41.3 Å². The number of amides is 1. The van der Waals surface area contributed by atoms with E-state index in [1.807, 2.05) is 23.1 Å². The van der Waals surface area contributed by atoms with Crippen LogP contribution in [0.25, 0.3) is 10.8 Å². The summed E-state index contributed by atoms with van der Waals surface area (Å²) in [5.41, 5.74) is 2.19. The number of nitriles is 1. The van der Waals surface area contributed by atoms with Crippen LogP contribution in [0.15, 0.2) is 42.7 Å². The summed E-state index contributed by atoms with van der Waals surface area (Å²) in [7, 11) is 0. The van der Waals surface area contributed by atoms with Crippen LogP contribution in [0.2, 0.25) is 5.02 Å². The molecule has 9 nitrogen and oxygen atoms in total. The Morgan fingerprint density at radius 3 is 2.77 bits per heavy atom. The summed E-state index contributed by atoms with van der Waals surface area (Å²) in [6.45, 7) is 5.76. The number of anilines is 2. The molecular weight excluding hydrogens is 643 g/mol. The molecule has 252 valence electrons. The van der Waals surface area contributed by atoms with E-state index < -0.39 is 23.6 Å². The highest BCUT2D eigenvalue weighted by Crippen LogP contribution is 2.43. The Morgan fingerprint density at radius 1 is 1.12 bits per heavy atom. The Balaban J connectivity index is 1.23. The van der Waals surface area contributed by atoms with E-state index in [4.69, 9.17) is 26.3 Å². The summed E-state index contributed by atoms with van der Waals surface area (Å²) in [6, 6.07) is 10.5. The molecule has 4 aliphatic heterocycles. The molecule has 1 aromatic heterocycles. The van der Waals surface area contributed by atoms with Crippen molar-refractivity contribution >= 4 is 39.8 Å². The zero-order valence-electron chi connectivity index (χ0n) is 26.6. The first-order valence-corrected chi connectivity index (χ1v) is 16.8. The third-order valence-electron chi connectivity index (χ3n) is 10.6. The fourth-order valence-corrected chi connectivity index (χ4v) is 8.47. The molecule has 0 bridgehead atoms. The van der Waals surface area contributed by atoms with Crippen molar-refractivity contribution in [3.05, 3.63) is 64.8 Å². The van der Waals surface area contributed by atoms with Crippen LogP contribution in [0.4, 0.5) is 24.7 Å². The lowest BCUT2D eigenvalue weighted by atomic mass is 9.95. The molecule has 3 aromatic rings. The number of ether oxygens (including phenoxy) is 1. The van der Waals surface area contributed by atoms with Gasteiger partial charge in [0.25, 0.3) is 5.91 Å².